The van der Waals surface area contributed by atoms with Crippen molar-refractivity contribution in [1.82, 2.24) is 15.5 Å². The van der Waals surface area contributed by atoms with Crippen molar-refractivity contribution in [1.29, 1.82) is 0 Å². The van der Waals surface area contributed by atoms with Crippen LogP contribution in [0.25, 0.3) is 0 Å². The van der Waals surface area contributed by atoms with Gasteiger partial charge in [0, 0.05) is 11.7 Å². The van der Waals surface area contributed by atoms with Crippen LogP contribution in [0, 0.1) is 17.8 Å². The zero-order valence-electron chi connectivity index (χ0n) is 14.9. The van der Waals surface area contributed by atoms with Gasteiger partial charge in [-0.3, -0.25) is 4.79 Å². The number of para-hydroxylation sites is 1. The Morgan fingerprint density at radius 2 is 2.12 bits per heavy atom. The van der Waals surface area contributed by atoms with Crippen molar-refractivity contribution in [2.24, 2.45) is 17.8 Å². The van der Waals surface area contributed by atoms with E-state index in [-0.39, 0.29) is 11.9 Å². The van der Waals surface area contributed by atoms with Crippen LogP contribution < -0.4 is 10.6 Å². The molecule has 2 saturated carbocycles. The minimum absolute atomic E-state index is 0.0954. The van der Waals surface area contributed by atoms with Crippen LogP contribution in [0.1, 0.15) is 32.6 Å². The monoisotopic (exact) mass is 388 g/mol. The van der Waals surface area contributed by atoms with Gasteiger partial charge in [0.2, 0.25) is 11.0 Å². The highest BCUT2D eigenvalue weighted by atomic mass is 32.2. The van der Waals surface area contributed by atoms with Gasteiger partial charge in [0.05, 0.1) is 5.75 Å². The molecule has 4 atom stereocenters. The highest BCUT2D eigenvalue weighted by Gasteiger charge is 2.42. The molecule has 2 aliphatic carbocycles. The average Bonchev–Trinajstić information content (AvgIpc) is 3.38. The predicted molar refractivity (Wildman–Crippen MR) is 107 cm³/mol. The number of rotatable bonds is 7. The number of fused-ring (bicyclic) bond motifs is 2. The lowest BCUT2D eigenvalue weighted by Crippen LogP contribution is -2.40. The number of thioether (sulfide) groups is 1. The van der Waals surface area contributed by atoms with E-state index in [1.807, 2.05) is 30.3 Å². The van der Waals surface area contributed by atoms with Crippen LogP contribution in [0.5, 0.6) is 0 Å². The molecule has 2 aromatic rings. The largest absolute Gasteiger partial charge is 0.353 e. The zero-order chi connectivity index (χ0) is 17.9. The third-order valence-corrected chi connectivity index (χ3v) is 7.55. The van der Waals surface area contributed by atoms with Crippen molar-refractivity contribution >= 4 is 39.8 Å². The summed E-state index contributed by atoms with van der Waals surface area (Å²) >= 11 is 2.93. The second-order valence-corrected chi connectivity index (χ2v) is 9.55. The van der Waals surface area contributed by atoms with Crippen molar-refractivity contribution in [2.45, 2.75) is 43.0 Å². The molecule has 26 heavy (non-hydrogen) atoms. The van der Waals surface area contributed by atoms with Crippen LogP contribution >= 0.6 is 23.1 Å². The van der Waals surface area contributed by atoms with Gasteiger partial charge in [-0.25, -0.2) is 0 Å². The molecule has 5 nitrogen and oxygen atoms in total. The summed E-state index contributed by atoms with van der Waals surface area (Å²) in [7, 11) is 0. The molecule has 0 aliphatic heterocycles. The lowest BCUT2D eigenvalue weighted by Gasteiger charge is -2.28. The SMILES string of the molecule is CC(NC(=O)CSc1nnc(Nc2ccccc2)s1)C1CC2CCC1C2. The summed E-state index contributed by atoms with van der Waals surface area (Å²) < 4.78 is 0.811. The minimum atomic E-state index is 0.0954. The maximum atomic E-state index is 12.3. The van der Waals surface area contributed by atoms with E-state index in [1.165, 1.54) is 48.8 Å². The van der Waals surface area contributed by atoms with Crippen molar-refractivity contribution in [3.8, 4) is 0 Å². The molecule has 1 aromatic carbocycles. The Hall–Kier alpha value is -1.60. The molecule has 0 spiro atoms. The molecule has 1 heterocycles. The van der Waals surface area contributed by atoms with Gasteiger partial charge in [-0.15, -0.1) is 10.2 Å². The molecule has 2 aliphatic rings. The van der Waals surface area contributed by atoms with Crippen molar-refractivity contribution in [2.75, 3.05) is 11.1 Å². The maximum Gasteiger partial charge on any atom is 0.230 e. The summed E-state index contributed by atoms with van der Waals surface area (Å²) in [6.45, 7) is 2.17. The molecule has 2 bridgehead atoms. The number of nitrogens with zero attached hydrogens (tertiary/aromatic N) is 2. The van der Waals surface area contributed by atoms with Gasteiger partial charge < -0.3 is 10.6 Å². The molecule has 7 heteroatoms. The lowest BCUT2D eigenvalue weighted by atomic mass is 9.84. The van der Waals surface area contributed by atoms with E-state index in [0.29, 0.717) is 11.7 Å². The zero-order valence-corrected chi connectivity index (χ0v) is 16.5. The first-order valence-electron chi connectivity index (χ1n) is 9.25. The van der Waals surface area contributed by atoms with Gasteiger partial charge in [-0.1, -0.05) is 47.7 Å². The first-order chi connectivity index (χ1) is 12.7. The molecule has 1 aromatic heterocycles. The first-order valence-corrected chi connectivity index (χ1v) is 11.1. The van der Waals surface area contributed by atoms with E-state index < -0.39 is 0 Å². The number of anilines is 2. The Kier molecular flexibility index (Phi) is 5.45. The maximum absolute atomic E-state index is 12.3. The topological polar surface area (TPSA) is 66.9 Å². The summed E-state index contributed by atoms with van der Waals surface area (Å²) in [6, 6.07) is 10.2. The lowest BCUT2D eigenvalue weighted by molar-refractivity contribution is -0.119. The summed E-state index contributed by atoms with van der Waals surface area (Å²) in [5.74, 6) is 2.91. The second kappa shape index (κ2) is 7.96. The predicted octanol–water partition coefficient (Wildman–Crippen LogP) is 4.31. The number of amides is 1. The minimum Gasteiger partial charge on any atom is -0.353 e. The van der Waals surface area contributed by atoms with Gasteiger partial charge in [0.15, 0.2) is 4.34 Å². The third kappa shape index (κ3) is 4.20. The van der Waals surface area contributed by atoms with Crippen molar-refractivity contribution in [3.05, 3.63) is 30.3 Å². The Morgan fingerprint density at radius 1 is 1.27 bits per heavy atom. The number of carbonyl (C=O) groups is 1. The summed E-state index contributed by atoms with van der Waals surface area (Å²) in [5, 5.41) is 15.5. The highest BCUT2D eigenvalue weighted by molar-refractivity contribution is 8.01. The van der Waals surface area contributed by atoms with Crippen LogP contribution in [-0.4, -0.2) is 27.9 Å². The Bertz CT molecular complexity index is 751. The van der Waals surface area contributed by atoms with E-state index in [9.17, 15) is 4.79 Å². The van der Waals surface area contributed by atoms with Crippen molar-refractivity contribution < 1.29 is 4.79 Å². The van der Waals surface area contributed by atoms with E-state index in [4.69, 9.17) is 0 Å². The fourth-order valence-corrected chi connectivity index (χ4v) is 5.98. The van der Waals surface area contributed by atoms with Crippen LogP contribution in [0.2, 0.25) is 0 Å². The van der Waals surface area contributed by atoms with Gasteiger partial charge in [0.25, 0.3) is 0 Å². The molecule has 1 amide bonds. The quantitative estimate of drug-likeness (QED) is 0.692. The van der Waals surface area contributed by atoms with E-state index in [0.717, 1.165) is 27.0 Å². The molecule has 0 saturated heterocycles. The molecule has 4 unspecified atom stereocenters. The fourth-order valence-electron chi connectivity index (χ4n) is 4.40. The molecule has 2 fully saturated rings. The van der Waals surface area contributed by atoms with Crippen LogP contribution in [0.3, 0.4) is 0 Å². The van der Waals surface area contributed by atoms with Gasteiger partial charge >= 0.3 is 0 Å². The highest BCUT2D eigenvalue weighted by Crippen LogP contribution is 2.49. The molecule has 2 N–H and O–H groups in total. The van der Waals surface area contributed by atoms with E-state index in [1.54, 1.807) is 0 Å². The number of aromatic nitrogens is 2. The fraction of sp³-hybridized carbons (Fsp3) is 0.526. The molecule has 138 valence electrons. The summed E-state index contributed by atoms with van der Waals surface area (Å²) in [5.41, 5.74) is 0.984. The number of hydrogen-bond acceptors (Lipinski definition) is 6. The Morgan fingerprint density at radius 3 is 2.85 bits per heavy atom. The normalized spacial score (nSPS) is 25.2. The van der Waals surface area contributed by atoms with Crippen LogP contribution in [0.4, 0.5) is 10.8 Å². The first kappa shape index (κ1) is 17.8. The van der Waals surface area contributed by atoms with Gasteiger partial charge in [0.1, 0.15) is 0 Å². The average molecular weight is 389 g/mol. The van der Waals surface area contributed by atoms with Crippen molar-refractivity contribution in [3.63, 3.8) is 0 Å². The second-order valence-electron chi connectivity index (χ2n) is 7.35. The summed E-state index contributed by atoms with van der Waals surface area (Å²) in [6.07, 6.45) is 5.42. The Balaban J connectivity index is 1.23. The number of benzene rings is 1. The van der Waals surface area contributed by atoms with Gasteiger partial charge in [-0.2, -0.15) is 0 Å². The smallest absolute Gasteiger partial charge is 0.230 e. The number of hydrogen-bond donors (Lipinski definition) is 2. The molecular weight excluding hydrogens is 364 g/mol. The third-order valence-electron chi connectivity index (χ3n) is 5.58. The van der Waals surface area contributed by atoms with Crippen LogP contribution in [0.15, 0.2) is 34.7 Å². The van der Waals surface area contributed by atoms with Crippen LogP contribution in [-0.2, 0) is 4.79 Å². The molecule has 0 radical (unpaired) electrons. The standard InChI is InChI=1S/C19H24N4OS2/c1-12(16-10-13-7-8-14(16)9-13)20-17(24)11-25-19-23-22-18(26-19)21-15-5-3-2-4-6-15/h2-6,12-14,16H,7-11H2,1H3,(H,20,24)(H,21,22). The van der Waals surface area contributed by atoms with E-state index in [2.05, 4.69) is 27.8 Å². The molecule has 4 rings (SSSR count). The number of carbonyl (C=O) groups excluding carboxylic acids is 1. The Labute approximate surface area is 162 Å². The number of nitrogens with one attached hydrogen (secondary N) is 2. The van der Waals surface area contributed by atoms with E-state index >= 15 is 0 Å². The molecular formula is C19H24N4OS2. The summed E-state index contributed by atoms with van der Waals surface area (Å²) in [4.78, 5) is 12.3. The van der Waals surface area contributed by atoms with Gasteiger partial charge in [-0.05, 0) is 56.1 Å².